The van der Waals surface area contributed by atoms with E-state index in [1.165, 1.54) is 11.0 Å². The van der Waals surface area contributed by atoms with Gasteiger partial charge in [-0.15, -0.1) is 0 Å². The highest BCUT2D eigenvalue weighted by Gasteiger charge is 2.42. The maximum Gasteiger partial charge on any atom is 0.410 e. The lowest BCUT2D eigenvalue weighted by Crippen LogP contribution is -2.49. The molecule has 0 spiro atoms. The van der Waals surface area contributed by atoms with Crippen LogP contribution in [-0.4, -0.2) is 79.3 Å². The maximum absolute atomic E-state index is 15.1. The molecule has 3 fully saturated rings. The van der Waals surface area contributed by atoms with E-state index in [0.717, 1.165) is 23.3 Å². The Labute approximate surface area is 226 Å². The summed E-state index contributed by atoms with van der Waals surface area (Å²) in [5.41, 5.74) is 1.79. The maximum atomic E-state index is 15.1. The topological polar surface area (TPSA) is 91.0 Å². The highest BCUT2D eigenvalue weighted by molar-refractivity contribution is 5.90. The molecule has 5 rings (SSSR count). The van der Waals surface area contributed by atoms with E-state index < -0.39 is 42.8 Å². The Morgan fingerprint density at radius 2 is 1.82 bits per heavy atom. The molecule has 10 heteroatoms. The number of benzene rings is 2. The van der Waals surface area contributed by atoms with E-state index in [-0.39, 0.29) is 24.2 Å². The third-order valence-electron chi connectivity index (χ3n) is 7.96. The van der Waals surface area contributed by atoms with Crippen molar-refractivity contribution in [2.45, 2.75) is 49.9 Å². The number of ether oxygens (including phenoxy) is 1. The Bertz CT molecular complexity index is 1220. The predicted octanol–water partition coefficient (Wildman–Crippen LogP) is 3.06. The van der Waals surface area contributed by atoms with Gasteiger partial charge in [-0.3, -0.25) is 9.59 Å². The van der Waals surface area contributed by atoms with Crippen molar-refractivity contribution in [3.8, 4) is 0 Å². The van der Waals surface area contributed by atoms with Gasteiger partial charge in [0.25, 0.3) is 5.91 Å². The molecule has 0 unspecified atom stereocenters. The Morgan fingerprint density at radius 3 is 2.49 bits per heavy atom. The van der Waals surface area contributed by atoms with Crippen molar-refractivity contribution < 1.29 is 27.9 Å². The highest BCUT2D eigenvalue weighted by Crippen LogP contribution is 2.48. The average Bonchev–Trinajstić information content (AvgIpc) is 3.57. The van der Waals surface area contributed by atoms with Gasteiger partial charge < -0.3 is 25.2 Å². The molecular formula is C29H34F2N4O4. The number of nitrogens with zero attached hydrogens (tertiary/aromatic N) is 2. The number of hydrogen-bond donors (Lipinski definition) is 2. The number of amides is 3. The predicted molar refractivity (Wildman–Crippen MR) is 140 cm³/mol. The van der Waals surface area contributed by atoms with Crippen LogP contribution in [0.1, 0.15) is 48.9 Å². The molecule has 3 amide bonds. The van der Waals surface area contributed by atoms with Crippen molar-refractivity contribution in [2.75, 3.05) is 39.3 Å². The molecule has 3 aliphatic rings. The minimum absolute atomic E-state index is 0.150. The van der Waals surface area contributed by atoms with Crippen LogP contribution in [0.2, 0.25) is 0 Å². The van der Waals surface area contributed by atoms with E-state index in [0.29, 0.717) is 37.3 Å². The molecule has 1 aliphatic carbocycles. The summed E-state index contributed by atoms with van der Waals surface area (Å²) in [7, 11) is 0. The quantitative estimate of drug-likeness (QED) is 0.564. The van der Waals surface area contributed by atoms with Crippen LogP contribution in [0.3, 0.4) is 0 Å². The second-order valence-corrected chi connectivity index (χ2v) is 10.8. The van der Waals surface area contributed by atoms with Crippen LogP contribution < -0.4 is 10.6 Å². The Hall–Kier alpha value is -3.53. The number of likely N-dealkylation sites (tertiary alicyclic amines) is 1. The molecule has 0 bridgehead atoms. The normalized spacial score (nSPS) is 22.7. The summed E-state index contributed by atoms with van der Waals surface area (Å²) >= 11 is 0. The first-order chi connectivity index (χ1) is 18.7. The molecule has 1 saturated carbocycles. The molecule has 2 aromatic rings. The Morgan fingerprint density at radius 1 is 1.10 bits per heavy atom. The second kappa shape index (κ2) is 11.3. The fourth-order valence-electron chi connectivity index (χ4n) is 5.35. The Balaban J connectivity index is 1.30. The lowest BCUT2D eigenvalue weighted by Gasteiger charge is -2.28. The molecule has 39 heavy (non-hydrogen) atoms. The fourth-order valence-corrected chi connectivity index (χ4v) is 5.35. The zero-order valence-electron chi connectivity index (χ0n) is 22.0. The van der Waals surface area contributed by atoms with Gasteiger partial charge in [0.05, 0.1) is 12.6 Å². The van der Waals surface area contributed by atoms with Crippen molar-refractivity contribution in [3.05, 3.63) is 71.0 Å². The summed E-state index contributed by atoms with van der Waals surface area (Å²) in [4.78, 5) is 41.3. The number of piperazine rings is 1. The summed E-state index contributed by atoms with van der Waals surface area (Å²) in [6, 6.07) is 12.4. The number of rotatable bonds is 7. The first-order valence-electron chi connectivity index (χ1n) is 13.5. The van der Waals surface area contributed by atoms with E-state index in [9.17, 15) is 18.8 Å². The van der Waals surface area contributed by atoms with Crippen LogP contribution in [-0.2, 0) is 19.7 Å². The van der Waals surface area contributed by atoms with Gasteiger partial charge in [0, 0.05) is 32.6 Å². The smallest absolute Gasteiger partial charge is 0.410 e. The minimum Gasteiger partial charge on any atom is -0.439 e. The van der Waals surface area contributed by atoms with Crippen molar-refractivity contribution in [3.63, 3.8) is 0 Å². The number of halogens is 2. The zero-order chi connectivity index (χ0) is 27.6. The molecule has 2 heterocycles. The highest BCUT2D eigenvalue weighted by atomic mass is 19.1. The molecule has 2 aliphatic heterocycles. The number of carbonyl (C=O) groups is 3. The second-order valence-electron chi connectivity index (χ2n) is 10.8. The van der Waals surface area contributed by atoms with E-state index in [1.807, 2.05) is 43.3 Å². The molecule has 208 valence electrons. The van der Waals surface area contributed by atoms with Crippen molar-refractivity contribution in [1.82, 2.24) is 20.4 Å². The van der Waals surface area contributed by atoms with Crippen LogP contribution in [0, 0.1) is 5.82 Å². The van der Waals surface area contributed by atoms with Gasteiger partial charge in [-0.2, -0.15) is 0 Å². The van der Waals surface area contributed by atoms with Crippen molar-refractivity contribution in [2.24, 2.45) is 0 Å². The van der Waals surface area contributed by atoms with Gasteiger partial charge in [0.1, 0.15) is 18.0 Å². The lowest BCUT2D eigenvalue weighted by atomic mass is 9.92. The van der Waals surface area contributed by atoms with E-state index in [2.05, 4.69) is 10.6 Å². The number of alkyl halides is 1. The summed E-state index contributed by atoms with van der Waals surface area (Å²) < 4.78 is 34.8. The third kappa shape index (κ3) is 6.06. The first-order valence-corrected chi connectivity index (χ1v) is 13.5. The van der Waals surface area contributed by atoms with E-state index in [1.54, 1.807) is 6.07 Å². The Kier molecular flexibility index (Phi) is 7.83. The number of hydrogen-bond acceptors (Lipinski definition) is 5. The largest absolute Gasteiger partial charge is 0.439 e. The van der Waals surface area contributed by atoms with Gasteiger partial charge in [0.15, 0.2) is 6.61 Å². The molecule has 2 aromatic carbocycles. The number of carbonyl (C=O) groups excluding carboxylic acids is 3. The molecule has 2 saturated heterocycles. The van der Waals surface area contributed by atoms with E-state index in [4.69, 9.17) is 4.74 Å². The monoisotopic (exact) mass is 540 g/mol. The first kappa shape index (κ1) is 27.1. The molecule has 2 N–H and O–H groups in total. The summed E-state index contributed by atoms with van der Waals surface area (Å²) in [5, 5.41) is 6.05. The molecule has 8 nitrogen and oxygen atoms in total. The van der Waals surface area contributed by atoms with Crippen LogP contribution in [0.15, 0.2) is 48.5 Å². The fraction of sp³-hybridized carbons (Fsp3) is 0.483. The zero-order valence-corrected chi connectivity index (χ0v) is 22.0. The van der Waals surface area contributed by atoms with Gasteiger partial charge >= 0.3 is 6.09 Å². The van der Waals surface area contributed by atoms with E-state index >= 15 is 4.39 Å². The van der Waals surface area contributed by atoms with Gasteiger partial charge in [0.2, 0.25) is 5.91 Å². The number of nitrogens with one attached hydrogen (secondary N) is 2. The van der Waals surface area contributed by atoms with Crippen molar-refractivity contribution in [1.29, 1.82) is 0 Å². The summed E-state index contributed by atoms with van der Waals surface area (Å²) in [6.45, 7) is 3.39. The van der Waals surface area contributed by atoms with Gasteiger partial charge in [-0.05, 0) is 41.0 Å². The average molecular weight is 541 g/mol. The summed E-state index contributed by atoms with van der Waals surface area (Å²) in [5.74, 6) is -1.51. The third-order valence-corrected chi connectivity index (χ3v) is 7.96. The SMILES string of the molecule is CC1(c2ccc([C@@H](NC(=O)[C@@H]3C[C@@H](F)CN3C(=O)COC(=O)N3CCNCC3)c3ccccc3)cc2F)CC1. The molecular weight excluding hydrogens is 506 g/mol. The van der Waals surface area contributed by atoms with Gasteiger partial charge in [-0.25, -0.2) is 13.6 Å². The van der Waals surface area contributed by atoms with Crippen LogP contribution in [0.5, 0.6) is 0 Å². The van der Waals surface area contributed by atoms with Crippen LogP contribution >= 0.6 is 0 Å². The lowest BCUT2D eigenvalue weighted by molar-refractivity contribution is -0.141. The van der Waals surface area contributed by atoms with Crippen LogP contribution in [0.25, 0.3) is 0 Å². The minimum atomic E-state index is -1.39. The standard InChI is InChI=1S/C29H34F2N4O4/c1-29(9-10-29)22-8-7-20(15-23(22)31)26(19-5-3-2-4-6-19)33-27(37)24-16-21(30)17-35(24)25(36)18-39-28(38)34-13-11-32-12-14-34/h2-8,15,21,24,26,32H,9-14,16-18H2,1H3,(H,33,37)/t21-,24+,26+/m1/s1. The molecule has 0 radical (unpaired) electrons. The van der Waals surface area contributed by atoms with Crippen LogP contribution in [0.4, 0.5) is 13.6 Å². The molecule has 3 atom stereocenters. The van der Waals surface area contributed by atoms with Gasteiger partial charge in [-0.1, -0.05) is 49.4 Å². The summed E-state index contributed by atoms with van der Waals surface area (Å²) in [6.07, 6.45) is -0.307. The molecule has 0 aromatic heterocycles. The van der Waals surface area contributed by atoms with Crippen molar-refractivity contribution >= 4 is 17.9 Å².